The summed E-state index contributed by atoms with van der Waals surface area (Å²) in [6.45, 7) is 4.20. The van der Waals surface area contributed by atoms with Gasteiger partial charge < -0.3 is 9.73 Å². The van der Waals surface area contributed by atoms with Crippen LogP contribution < -0.4 is 5.32 Å². The molecule has 4 nitrogen and oxygen atoms in total. The van der Waals surface area contributed by atoms with Crippen LogP contribution in [0.15, 0.2) is 65.4 Å². The van der Waals surface area contributed by atoms with Crippen molar-refractivity contribution >= 4 is 17.2 Å². The smallest absolute Gasteiger partial charge is 0.156 e. The fraction of sp³-hybridized carbons (Fsp3) is 0.105. The maximum atomic E-state index is 5.57. The first-order valence-corrected chi connectivity index (χ1v) is 7.58. The van der Waals surface area contributed by atoms with Crippen LogP contribution in [0.4, 0.5) is 11.5 Å². The molecule has 0 unspecified atom stereocenters. The van der Waals surface area contributed by atoms with Crippen LogP contribution in [-0.4, -0.2) is 9.38 Å². The highest BCUT2D eigenvalue weighted by Crippen LogP contribution is 2.33. The van der Waals surface area contributed by atoms with Crippen molar-refractivity contribution in [2.24, 2.45) is 0 Å². The molecule has 0 saturated heterocycles. The van der Waals surface area contributed by atoms with E-state index in [0.29, 0.717) is 0 Å². The minimum atomic E-state index is 0.752. The third kappa shape index (κ3) is 2.28. The molecule has 0 aliphatic carbocycles. The number of furan rings is 1. The number of nitrogens with zero attached hydrogens (tertiary/aromatic N) is 2. The lowest BCUT2D eigenvalue weighted by Crippen LogP contribution is -2.00. The van der Waals surface area contributed by atoms with E-state index in [1.807, 2.05) is 40.9 Å². The van der Waals surface area contributed by atoms with Crippen LogP contribution in [0.3, 0.4) is 0 Å². The van der Waals surface area contributed by atoms with Gasteiger partial charge in [-0.15, -0.1) is 0 Å². The summed E-state index contributed by atoms with van der Waals surface area (Å²) in [5.74, 6) is 1.66. The van der Waals surface area contributed by atoms with Crippen LogP contribution in [0, 0.1) is 13.8 Å². The first-order valence-electron chi connectivity index (χ1n) is 7.58. The molecule has 3 aromatic heterocycles. The molecule has 0 spiro atoms. The summed E-state index contributed by atoms with van der Waals surface area (Å²) in [6, 6.07) is 16.0. The number of fused-ring (bicyclic) bond motifs is 1. The molecule has 1 aromatic carbocycles. The molecule has 0 saturated carbocycles. The van der Waals surface area contributed by atoms with Crippen molar-refractivity contribution in [1.82, 2.24) is 9.38 Å². The van der Waals surface area contributed by atoms with Gasteiger partial charge in [-0.3, -0.25) is 4.40 Å². The SMILES string of the molecule is Cc1cccc(C)c1Nc1c(-c2ccco2)nc2ccccn12. The Labute approximate surface area is 134 Å². The van der Waals surface area contributed by atoms with E-state index in [-0.39, 0.29) is 0 Å². The highest BCUT2D eigenvalue weighted by molar-refractivity contribution is 5.78. The van der Waals surface area contributed by atoms with Crippen LogP contribution in [0.5, 0.6) is 0 Å². The van der Waals surface area contributed by atoms with Crippen molar-refractivity contribution < 1.29 is 4.42 Å². The van der Waals surface area contributed by atoms with Crippen LogP contribution in [0.2, 0.25) is 0 Å². The molecule has 0 atom stereocenters. The number of nitrogens with one attached hydrogen (secondary N) is 1. The van der Waals surface area contributed by atoms with Gasteiger partial charge in [0.15, 0.2) is 5.76 Å². The van der Waals surface area contributed by atoms with E-state index in [4.69, 9.17) is 9.40 Å². The lowest BCUT2D eigenvalue weighted by atomic mass is 10.1. The molecule has 3 heterocycles. The van der Waals surface area contributed by atoms with Crippen molar-refractivity contribution in [3.05, 3.63) is 72.1 Å². The zero-order valence-corrected chi connectivity index (χ0v) is 13.1. The maximum absolute atomic E-state index is 5.57. The maximum Gasteiger partial charge on any atom is 0.156 e. The minimum Gasteiger partial charge on any atom is -0.463 e. The zero-order valence-electron chi connectivity index (χ0n) is 13.1. The second kappa shape index (κ2) is 5.32. The molecule has 0 amide bonds. The minimum absolute atomic E-state index is 0.752. The molecule has 0 radical (unpaired) electrons. The second-order valence-electron chi connectivity index (χ2n) is 5.61. The Morgan fingerprint density at radius 3 is 2.52 bits per heavy atom. The third-order valence-electron chi connectivity index (χ3n) is 4.01. The quantitative estimate of drug-likeness (QED) is 0.582. The van der Waals surface area contributed by atoms with Gasteiger partial charge in [-0.2, -0.15) is 0 Å². The number of para-hydroxylation sites is 1. The molecule has 0 aliphatic heterocycles. The normalized spacial score (nSPS) is 11.0. The van der Waals surface area contributed by atoms with Gasteiger partial charge in [-0.1, -0.05) is 24.3 Å². The fourth-order valence-corrected chi connectivity index (χ4v) is 2.83. The predicted molar refractivity (Wildman–Crippen MR) is 92.1 cm³/mol. The van der Waals surface area contributed by atoms with Crippen molar-refractivity contribution in [3.63, 3.8) is 0 Å². The highest BCUT2D eigenvalue weighted by Gasteiger charge is 2.17. The Morgan fingerprint density at radius 1 is 0.957 bits per heavy atom. The molecule has 4 heteroatoms. The number of pyridine rings is 1. The Kier molecular flexibility index (Phi) is 3.15. The van der Waals surface area contributed by atoms with Gasteiger partial charge in [0.25, 0.3) is 0 Å². The standard InChI is InChI=1S/C19H17N3O/c1-13-7-5-8-14(2)17(13)21-19-18(15-9-6-12-23-15)20-16-10-3-4-11-22(16)19/h3-12,21H,1-2H3. The highest BCUT2D eigenvalue weighted by atomic mass is 16.3. The summed E-state index contributed by atoms with van der Waals surface area (Å²) in [7, 11) is 0. The number of imidazole rings is 1. The Hall–Kier alpha value is -3.01. The van der Waals surface area contributed by atoms with Gasteiger partial charge >= 0.3 is 0 Å². The van der Waals surface area contributed by atoms with Gasteiger partial charge in [0.2, 0.25) is 0 Å². The van der Waals surface area contributed by atoms with Gasteiger partial charge in [0.1, 0.15) is 17.2 Å². The Balaban J connectivity index is 1.93. The first-order chi connectivity index (χ1) is 11.2. The van der Waals surface area contributed by atoms with Crippen molar-refractivity contribution in [2.75, 3.05) is 5.32 Å². The molecular weight excluding hydrogens is 286 g/mol. The largest absolute Gasteiger partial charge is 0.463 e. The molecule has 0 bridgehead atoms. The van der Waals surface area contributed by atoms with E-state index in [1.54, 1.807) is 6.26 Å². The van der Waals surface area contributed by atoms with Crippen LogP contribution >= 0.6 is 0 Å². The van der Waals surface area contributed by atoms with Gasteiger partial charge in [0.05, 0.1) is 6.26 Å². The van der Waals surface area contributed by atoms with E-state index in [1.165, 1.54) is 11.1 Å². The van der Waals surface area contributed by atoms with Gasteiger partial charge in [-0.05, 0) is 49.2 Å². The predicted octanol–water partition coefficient (Wildman–Crippen LogP) is 4.95. The molecule has 23 heavy (non-hydrogen) atoms. The number of hydrogen-bond donors (Lipinski definition) is 1. The van der Waals surface area contributed by atoms with E-state index < -0.39 is 0 Å². The van der Waals surface area contributed by atoms with Crippen molar-refractivity contribution in [3.8, 4) is 11.5 Å². The molecule has 0 aliphatic rings. The van der Waals surface area contributed by atoms with Crippen LogP contribution in [0.25, 0.3) is 17.1 Å². The van der Waals surface area contributed by atoms with Gasteiger partial charge in [-0.25, -0.2) is 4.98 Å². The lowest BCUT2D eigenvalue weighted by molar-refractivity contribution is 0.581. The van der Waals surface area contributed by atoms with E-state index in [9.17, 15) is 0 Å². The molecule has 4 rings (SSSR count). The number of anilines is 2. The van der Waals surface area contributed by atoms with Crippen LogP contribution in [-0.2, 0) is 0 Å². The molecule has 1 N–H and O–H groups in total. The van der Waals surface area contributed by atoms with Gasteiger partial charge in [0, 0.05) is 11.9 Å². The van der Waals surface area contributed by atoms with Crippen LogP contribution in [0.1, 0.15) is 11.1 Å². The lowest BCUT2D eigenvalue weighted by Gasteiger charge is -2.13. The number of aryl methyl sites for hydroxylation is 2. The molecule has 0 fully saturated rings. The average molecular weight is 303 g/mol. The summed E-state index contributed by atoms with van der Waals surface area (Å²) in [5, 5.41) is 3.56. The van der Waals surface area contributed by atoms with Crippen molar-refractivity contribution in [2.45, 2.75) is 13.8 Å². The third-order valence-corrected chi connectivity index (χ3v) is 4.01. The van der Waals surface area contributed by atoms with E-state index in [2.05, 4.69) is 37.4 Å². The Morgan fingerprint density at radius 2 is 1.78 bits per heavy atom. The first kappa shape index (κ1) is 13.6. The summed E-state index contributed by atoms with van der Waals surface area (Å²) in [5.41, 5.74) is 5.19. The summed E-state index contributed by atoms with van der Waals surface area (Å²) >= 11 is 0. The monoisotopic (exact) mass is 303 g/mol. The van der Waals surface area contributed by atoms with E-state index >= 15 is 0 Å². The average Bonchev–Trinajstić information content (AvgIpc) is 3.19. The number of hydrogen-bond acceptors (Lipinski definition) is 3. The fourth-order valence-electron chi connectivity index (χ4n) is 2.83. The van der Waals surface area contributed by atoms with E-state index in [0.717, 1.165) is 28.6 Å². The summed E-state index contributed by atoms with van der Waals surface area (Å²) in [4.78, 5) is 4.72. The number of benzene rings is 1. The zero-order chi connectivity index (χ0) is 15.8. The van der Waals surface area contributed by atoms with Crippen molar-refractivity contribution in [1.29, 1.82) is 0 Å². The summed E-state index contributed by atoms with van der Waals surface area (Å²) < 4.78 is 7.62. The summed E-state index contributed by atoms with van der Waals surface area (Å²) in [6.07, 6.45) is 3.67. The second-order valence-corrected chi connectivity index (χ2v) is 5.61. The number of aromatic nitrogens is 2. The topological polar surface area (TPSA) is 42.5 Å². The molecular formula is C19H17N3O. The number of rotatable bonds is 3. The Bertz CT molecular complexity index is 947. The molecule has 4 aromatic rings. The molecule has 114 valence electrons.